The smallest absolute Gasteiger partial charge is 0.275 e. The number of sulfonamides is 1. The van der Waals surface area contributed by atoms with Crippen LogP contribution in [0.15, 0.2) is 41.3 Å². The van der Waals surface area contributed by atoms with Crippen molar-refractivity contribution in [3.8, 4) is 5.75 Å². The van der Waals surface area contributed by atoms with Gasteiger partial charge in [0.2, 0.25) is 0 Å². The van der Waals surface area contributed by atoms with E-state index in [-0.39, 0.29) is 14.9 Å². The van der Waals surface area contributed by atoms with Crippen LogP contribution >= 0.6 is 23.2 Å². The quantitative estimate of drug-likeness (QED) is 0.706. The molecule has 0 radical (unpaired) electrons. The van der Waals surface area contributed by atoms with Gasteiger partial charge in [0.15, 0.2) is 6.10 Å². The van der Waals surface area contributed by atoms with E-state index >= 15 is 0 Å². The van der Waals surface area contributed by atoms with E-state index in [9.17, 15) is 13.2 Å². The lowest BCUT2D eigenvalue weighted by Gasteiger charge is -2.17. The van der Waals surface area contributed by atoms with Gasteiger partial charge in [-0.05, 0) is 50.1 Å². The Morgan fingerprint density at radius 2 is 1.77 bits per heavy atom. The van der Waals surface area contributed by atoms with Gasteiger partial charge in [-0.2, -0.15) is 0 Å². The number of halogens is 2. The van der Waals surface area contributed by atoms with Crippen molar-refractivity contribution in [3.63, 3.8) is 0 Å². The maximum absolute atomic E-state index is 12.3. The molecule has 26 heavy (non-hydrogen) atoms. The van der Waals surface area contributed by atoms with Crippen LogP contribution in [0.5, 0.6) is 5.75 Å². The molecule has 0 spiro atoms. The molecule has 0 unspecified atom stereocenters. The Hall–Kier alpha value is -1.80. The predicted octanol–water partition coefficient (Wildman–Crippen LogP) is 3.39. The Balaban J connectivity index is 2.05. The molecular formula is C17H18Cl2N2O4S. The molecule has 2 rings (SSSR count). The van der Waals surface area contributed by atoms with Gasteiger partial charge >= 0.3 is 0 Å². The minimum absolute atomic E-state index is 0.0903. The van der Waals surface area contributed by atoms with Crippen LogP contribution in [0.4, 0.5) is 0 Å². The van der Waals surface area contributed by atoms with Gasteiger partial charge < -0.3 is 4.74 Å². The van der Waals surface area contributed by atoms with Crippen LogP contribution in [-0.4, -0.2) is 20.4 Å². The molecule has 9 heteroatoms. The summed E-state index contributed by atoms with van der Waals surface area (Å²) in [5.74, 6) is -0.110. The van der Waals surface area contributed by atoms with Crippen LogP contribution in [0, 0.1) is 13.8 Å². The predicted molar refractivity (Wildman–Crippen MR) is 101 cm³/mol. The summed E-state index contributed by atoms with van der Waals surface area (Å²) < 4.78 is 30.2. The van der Waals surface area contributed by atoms with E-state index in [1.807, 2.05) is 30.8 Å². The molecule has 0 aliphatic carbocycles. The Morgan fingerprint density at radius 1 is 1.12 bits per heavy atom. The van der Waals surface area contributed by atoms with E-state index in [1.165, 1.54) is 25.1 Å². The summed E-state index contributed by atoms with van der Waals surface area (Å²) in [5, 5.41) is -0.0388. The summed E-state index contributed by atoms with van der Waals surface area (Å²) in [7, 11) is -4.08. The van der Waals surface area contributed by atoms with Crippen molar-refractivity contribution in [2.75, 3.05) is 0 Å². The molecule has 2 aromatic rings. The number of carbonyl (C=O) groups excluding carboxylic acids is 1. The Kier molecular flexibility index (Phi) is 6.52. The zero-order valence-electron chi connectivity index (χ0n) is 14.3. The second kappa shape index (κ2) is 8.26. The van der Waals surface area contributed by atoms with Crippen LogP contribution in [0.1, 0.15) is 18.1 Å². The highest BCUT2D eigenvalue weighted by atomic mass is 35.5. The number of hydrogen-bond acceptors (Lipinski definition) is 4. The van der Waals surface area contributed by atoms with Gasteiger partial charge in [0, 0.05) is 0 Å². The summed E-state index contributed by atoms with van der Waals surface area (Å²) in [5.41, 5.74) is 4.04. The van der Waals surface area contributed by atoms with Crippen molar-refractivity contribution in [2.45, 2.75) is 31.8 Å². The molecule has 0 bridgehead atoms. The Bertz CT molecular complexity index is 932. The van der Waals surface area contributed by atoms with E-state index < -0.39 is 22.0 Å². The van der Waals surface area contributed by atoms with Crippen molar-refractivity contribution < 1.29 is 17.9 Å². The zero-order chi connectivity index (χ0) is 19.5. The highest BCUT2D eigenvalue weighted by Gasteiger charge is 2.22. The number of hydrazine groups is 1. The average Bonchev–Trinajstić information content (AvgIpc) is 2.59. The highest BCUT2D eigenvalue weighted by Crippen LogP contribution is 2.28. The maximum Gasteiger partial charge on any atom is 0.275 e. The molecule has 0 saturated carbocycles. The van der Waals surface area contributed by atoms with Gasteiger partial charge in [-0.25, -0.2) is 8.42 Å². The summed E-state index contributed by atoms with van der Waals surface area (Å²) in [6, 6.07) is 9.65. The van der Waals surface area contributed by atoms with Gasteiger partial charge in [-0.15, -0.1) is 4.83 Å². The van der Waals surface area contributed by atoms with Crippen LogP contribution in [0.2, 0.25) is 10.0 Å². The first kappa shape index (κ1) is 20.5. The summed E-state index contributed by atoms with van der Waals surface area (Å²) in [6.45, 7) is 5.31. The van der Waals surface area contributed by atoms with Gasteiger partial charge in [0.25, 0.3) is 15.9 Å². The molecule has 140 valence electrons. The number of nitrogens with one attached hydrogen (secondary N) is 2. The van der Waals surface area contributed by atoms with E-state index in [0.717, 1.165) is 11.1 Å². The van der Waals surface area contributed by atoms with Crippen molar-refractivity contribution in [1.29, 1.82) is 0 Å². The minimum atomic E-state index is -4.08. The maximum atomic E-state index is 12.3. The summed E-state index contributed by atoms with van der Waals surface area (Å²) >= 11 is 11.7. The molecule has 0 aliphatic rings. The third kappa shape index (κ3) is 4.67. The number of aryl methyl sites for hydroxylation is 1. The molecule has 6 nitrogen and oxygen atoms in total. The lowest BCUT2D eigenvalue weighted by Crippen LogP contribution is -2.47. The normalized spacial score (nSPS) is 12.5. The van der Waals surface area contributed by atoms with Crippen molar-refractivity contribution in [1.82, 2.24) is 10.3 Å². The summed E-state index contributed by atoms with van der Waals surface area (Å²) in [6.07, 6.45) is -0.923. The van der Waals surface area contributed by atoms with E-state index in [1.54, 1.807) is 6.07 Å². The third-order valence-electron chi connectivity index (χ3n) is 3.74. The molecule has 2 N–H and O–H groups in total. The van der Waals surface area contributed by atoms with Gasteiger partial charge in [-0.3, -0.25) is 10.2 Å². The zero-order valence-corrected chi connectivity index (χ0v) is 16.7. The van der Waals surface area contributed by atoms with Crippen LogP contribution in [-0.2, 0) is 14.8 Å². The number of rotatable bonds is 6. The molecule has 1 atom stereocenters. The second-order valence-corrected chi connectivity index (χ2v) is 8.04. The van der Waals surface area contributed by atoms with Gasteiger partial charge in [0.05, 0.1) is 10.0 Å². The SMILES string of the molecule is Cc1cccc(O[C@H](C)C(=O)NNS(=O)(=O)c2cccc(Cl)c2Cl)c1C. The first-order valence-corrected chi connectivity index (χ1v) is 9.86. The fourth-order valence-electron chi connectivity index (χ4n) is 2.06. The Morgan fingerprint density at radius 3 is 2.46 bits per heavy atom. The second-order valence-electron chi connectivity index (χ2n) is 5.60. The number of ether oxygens (including phenoxy) is 1. The fraction of sp³-hybridized carbons (Fsp3) is 0.235. The van der Waals surface area contributed by atoms with Gasteiger partial charge in [-0.1, -0.05) is 41.4 Å². The summed E-state index contributed by atoms with van der Waals surface area (Å²) in [4.78, 5) is 13.9. The van der Waals surface area contributed by atoms with E-state index in [2.05, 4.69) is 5.43 Å². The highest BCUT2D eigenvalue weighted by molar-refractivity contribution is 7.89. The number of hydrogen-bond donors (Lipinski definition) is 2. The van der Waals surface area contributed by atoms with E-state index in [0.29, 0.717) is 5.75 Å². The lowest BCUT2D eigenvalue weighted by atomic mass is 10.1. The van der Waals surface area contributed by atoms with Crippen molar-refractivity contribution >= 4 is 39.1 Å². The van der Waals surface area contributed by atoms with E-state index in [4.69, 9.17) is 27.9 Å². The van der Waals surface area contributed by atoms with Crippen molar-refractivity contribution in [2.24, 2.45) is 0 Å². The van der Waals surface area contributed by atoms with Crippen molar-refractivity contribution in [3.05, 3.63) is 57.6 Å². The first-order chi connectivity index (χ1) is 12.1. The number of benzene rings is 2. The molecule has 2 aromatic carbocycles. The van der Waals surface area contributed by atoms with Crippen LogP contribution in [0.25, 0.3) is 0 Å². The number of amides is 1. The molecule has 0 saturated heterocycles. The average molecular weight is 417 g/mol. The molecule has 0 fully saturated rings. The lowest BCUT2D eigenvalue weighted by molar-refractivity contribution is -0.127. The monoisotopic (exact) mass is 416 g/mol. The molecular weight excluding hydrogens is 399 g/mol. The standard InChI is InChI=1S/C17H18Cl2N2O4S/c1-10-6-4-8-14(11(10)2)25-12(3)17(22)20-21-26(23,24)15-9-5-7-13(18)16(15)19/h4-9,12,21H,1-3H3,(H,20,22)/t12-/m1/s1. The largest absolute Gasteiger partial charge is 0.481 e. The van der Waals surface area contributed by atoms with Crippen LogP contribution < -0.4 is 15.0 Å². The molecule has 0 heterocycles. The van der Waals surface area contributed by atoms with Gasteiger partial charge in [0.1, 0.15) is 10.6 Å². The molecule has 0 aromatic heterocycles. The third-order valence-corrected chi connectivity index (χ3v) is 5.96. The molecule has 1 amide bonds. The Labute approximate surface area is 162 Å². The topological polar surface area (TPSA) is 84.5 Å². The fourth-order valence-corrected chi connectivity index (χ4v) is 3.67. The number of carbonyl (C=O) groups is 1. The first-order valence-electron chi connectivity index (χ1n) is 7.62. The minimum Gasteiger partial charge on any atom is -0.481 e. The molecule has 0 aliphatic heterocycles. The van der Waals surface area contributed by atoms with Crippen LogP contribution in [0.3, 0.4) is 0 Å².